The molecule has 0 unspecified atom stereocenters. The zero-order valence-electron chi connectivity index (χ0n) is 9.42. The van der Waals surface area contributed by atoms with E-state index < -0.39 is 0 Å². The molecular formula is C11H14N4O. The van der Waals surface area contributed by atoms with Crippen LogP contribution in [-0.4, -0.2) is 24.9 Å². The number of rotatable bonds is 4. The van der Waals surface area contributed by atoms with Crippen LogP contribution in [0.3, 0.4) is 0 Å². The first-order valence-electron chi connectivity index (χ1n) is 5.27. The number of nitrogens with zero attached hydrogens (tertiary/aromatic N) is 4. The minimum Gasteiger partial charge on any atom is -0.331 e. The number of aryl methyl sites for hydroxylation is 2. The Labute approximate surface area is 93.8 Å². The lowest BCUT2D eigenvalue weighted by Crippen LogP contribution is -2.15. The van der Waals surface area contributed by atoms with Gasteiger partial charge in [0.25, 0.3) is 5.78 Å². The molecule has 0 fully saturated rings. The molecule has 84 valence electrons. The van der Waals surface area contributed by atoms with Gasteiger partial charge in [0.15, 0.2) is 11.6 Å². The Bertz CT molecular complexity index is 498. The minimum absolute atomic E-state index is 0.133. The van der Waals surface area contributed by atoms with Crippen LogP contribution < -0.4 is 0 Å². The van der Waals surface area contributed by atoms with Crippen molar-refractivity contribution in [3.63, 3.8) is 0 Å². The summed E-state index contributed by atoms with van der Waals surface area (Å²) in [4.78, 5) is 20.2. The second kappa shape index (κ2) is 4.30. The van der Waals surface area contributed by atoms with E-state index in [2.05, 4.69) is 16.9 Å². The second-order valence-corrected chi connectivity index (χ2v) is 3.64. The molecule has 0 aromatic carbocycles. The lowest BCUT2D eigenvalue weighted by molar-refractivity contribution is 0.101. The first kappa shape index (κ1) is 10.6. The molecule has 0 aliphatic carbocycles. The van der Waals surface area contributed by atoms with Crippen molar-refractivity contribution in [1.29, 1.82) is 0 Å². The molecular weight excluding hydrogens is 204 g/mol. The van der Waals surface area contributed by atoms with E-state index >= 15 is 0 Å². The molecule has 5 nitrogen and oxygen atoms in total. The van der Waals surface area contributed by atoms with Gasteiger partial charge in [0.05, 0.1) is 0 Å². The summed E-state index contributed by atoms with van der Waals surface area (Å²) in [7, 11) is 1.80. The average Bonchev–Trinajstić information content (AvgIpc) is 2.87. The molecule has 0 atom stereocenters. The maximum absolute atomic E-state index is 12.1. The molecule has 0 N–H and O–H groups in total. The molecule has 0 aliphatic rings. The van der Waals surface area contributed by atoms with Crippen LogP contribution in [0.2, 0.25) is 0 Å². The van der Waals surface area contributed by atoms with E-state index in [1.165, 1.54) is 0 Å². The maximum Gasteiger partial charge on any atom is 0.263 e. The molecule has 0 aliphatic heterocycles. The molecule has 0 bridgehead atoms. The van der Waals surface area contributed by atoms with E-state index in [-0.39, 0.29) is 5.78 Å². The summed E-state index contributed by atoms with van der Waals surface area (Å²) in [5, 5.41) is 0. The SMILES string of the molecule is CCCn1ccnc1C(=O)c1nccn1C. The highest BCUT2D eigenvalue weighted by Crippen LogP contribution is 2.06. The Morgan fingerprint density at radius 1 is 1.25 bits per heavy atom. The van der Waals surface area contributed by atoms with E-state index in [4.69, 9.17) is 0 Å². The van der Waals surface area contributed by atoms with Gasteiger partial charge in [0, 0.05) is 38.4 Å². The standard InChI is InChI=1S/C11H14N4O/c1-3-6-15-8-5-13-11(15)9(16)10-12-4-7-14(10)2/h4-5,7-8H,3,6H2,1-2H3. The summed E-state index contributed by atoms with van der Waals surface area (Å²) in [5.74, 6) is 0.741. The fourth-order valence-electron chi connectivity index (χ4n) is 1.62. The molecule has 0 spiro atoms. The largest absolute Gasteiger partial charge is 0.331 e. The predicted octanol–water partition coefficient (Wildman–Crippen LogP) is 1.26. The molecule has 5 heteroatoms. The monoisotopic (exact) mass is 218 g/mol. The highest BCUT2D eigenvalue weighted by atomic mass is 16.1. The van der Waals surface area contributed by atoms with Crippen LogP contribution in [-0.2, 0) is 13.6 Å². The van der Waals surface area contributed by atoms with Gasteiger partial charge < -0.3 is 9.13 Å². The van der Waals surface area contributed by atoms with Gasteiger partial charge in [0.2, 0.25) is 0 Å². The summed E-state index contributed by atoms with van der Waals surface area (Å²) < 4.78 is 3.56. The fraction of sp³-hybridized carbons (Fsp3) is 0.364. The van der Waals surface area contributed by atoms with E-state index in [1.807, 2.05) is 10.8 Å². The lowest BCUT2D eigenvalue weighted by atomic mass is 10.3. The first-order valence-corrected chi connectivity index (χ1v) is 5.27. The van der Waals surface area contributed by atoms with Gasteiger partial charge in [-0.05, 0) is 6.42 Å². The van der Waals surface area contributed by atoms with Crippen molar-refractivity contribution in [2.45, 2.75) is 19.9 Å². The molecule has 0 saturated carbocycles. The predicted molar refractivity (Wildman–Crippen MR) is 59.2 cm³/mol. The topological polar surface area (TPSA) is 52.7 Å². The van der Waals surface area contributed by atoms with Crippen LogP contribution in [0.5, 0.6) is 0 Å². The number of hydrogen-bond acceptors (Lipinski definition) is 3. The van der Waals surface area contributed by atoms with Crippen molar-refractivity contribution < 1.29 is 4.79 Å². The van der Waals surface area contributed by atoms with Crippen molar-refractivity contribution in [1.82, 2.24) is 19.1 Å². The Morgan fingerprint density at radius 3 is 2.56 bits per heavy atom. The summed E-state index contributed by atoms with van der Waals surface area (Å²) in [6.45, 7) is 2.86. The van der Waals surface area contributed by atoms with Crippen LogP contribution in [0.15, 0.2) is 24.8 Å². The summed E-state index contributed by atoms with van der Waals surface area (Å²) in [6.07, 6.45) is 7.80. The van der Waals surface area contributed by atoms with Crippen molar-refractivity contribution in [3.8, 4) is 0 Å². The molecule has 2 aromatic rings. The number of aromatic nitrogens is 4. The summed E-state index contributed by atoms with van der Waals surface area (Å²) in [6, 6.07) is 0. The molecule has 0 radical (unpaired) electrons. The van der Waals surface area contributed by atoms with E-state index in [0.717, 1.165) is 13.0 Å². The average molecular weight is 218 g/mol. The Kier molecular flexibility index (Phi) is 2.85. The summed E-state index contributed by atoms with van der Waals surface area (Å²) >= 11 is 0. The molecule has 2 aromatic heterocycles. The van der Waals surface area contributed by atoms with Gasteiger partial charge in [-0.25, -0.2) is 9.97 Å². The van der Waals surface area contributed by atoms with E-state index in [9.17, 15) is 4.79 Å². The Morgan fingerprint density at radius 2 is 1.94 bits per heavy atom. The lowest BCUT2D eigenvalue weighted by Gasteiger charge is -2.04. The number of imidazole rings is 2. The molecule has 2 rings (SSSR count). The number of ketones is 1. The molecule has 2 heterocycles. The third-order valence-electron chi connectivity index (χ3n) is 2.41. The molecule has 0 amide bonds. The zero-order valence-corrected chi connectivity index (χ0v) is 9.42. The van der Waals surface area contributed by atoms with E-state index in [1.54, 1.807) is 30.2 Å². The van der Waals surface area contributed by atoms with Crippen LogP contribution >= 0.6 is 0 Å². The van der Waals surface area contributed by atoms with Crippen LogP contribution in [0, 0.1) is 0 Å². The second-order valence-electron chi connectivity index (χ2n) is 3.64. The Balaban J connectivity index is 2.34. The maximum atomic E-state index is 12.1. The van der Waals surface area contributed by atoms with Gasteiger partial charge in [-0.2, -0.15) is 0 Å². The quantitative estimate of drug-likeness (QED) is 0.726. The van der Waals surface area contributed by atoms with Gasteiger partial charge in [-0.3, -0.25) is 4.79 Å². The first-order chi connectivity index (χ1) is 7.74. The van der Waals surface area contributed by atoms with Gasteiger partial charge in [-0.15, -0.1) is 0 Å². The highest BCUT2D eigenvalue weighted by molar-refractivity contribution is 6.04. The van der Waals surface area contributed by atoms with Gasteiger partial charge in [-0.1, -0.05) is 6.92 Å². The van der Waals surface area contributed by atoms with Crippen LogP contribution in [0.25, 0.3) is 0 Å². The smallest absolute Gasteiger partial charge is 0.263 e. The number of carbonyl (C=O) groups is 1. The third kappa shape index (κ3) is 1.76. The van der Waals surface area contributed by atoms with Crippen LogP contribution in [0.4, 0.5) is 0 Å². The van der Waals surface area contributed by atoms with Crippen LogP contribution in [0.1, 0.15) is 29.8 Å². The molecule has 16 heavy (non-hydrogen) atoms. The minimum atomic E-state index is -0.133. The van der Waals surface area contributed by atoms with Crippen molar-refractivity contribution in [3.05, 3.63) is 36.4 Å². The van der Waals surface area contributed by atoms with Gasteiger partial charge >= 0.3 is 0 Å². The fourth-order valence-corrected chi connectivity index (χ4v) is 1.62. The zero-order chi connectivity index (χ0) is 11.5. The highest BCUT2D eigenvalue weighted by Gasteiger charge is 2.18. The normalized spacial score (nSPS) is 10.6. The Hall–Kier alpha value is -1.91. The van der Waals surface area contributed by atoms with E-state index in [0.29, 0.717) is 11.6 Å². The summed E-state index contributed by atoms with van der Waals surface area (Å²) in [5.41, 5.74) is 0. The molecule has 0 saturated heterocycles. The van der Waals surface area contributed by atoms with Crippen molar-refractivity contribution >= 4 is 5.78 Å². The van der Waals surface area contributed by atoms with Crippen molar-refractivity contribution in [2.75, 3.05) is 0 Å². The number of hydrogen-bond donors (Lipinski definition) is 0. The number of carbonyl (C=O) groups excluding carboxylic acids is 1. The van der Waals surface area contributed by atoms with Crippen molar-refractivity contribution in [2.24, 2.45) is 7.05 Å². The third-order valence-corrected chi connectivity index (χ3v) is 2.41. The van der Waals surface area contributed by atoms with Gasteiger partial charge in [0.1, 0.15) is 0 Å².